The number of esters is 1. The molecule has 0 bridgehead atoms. The first-order valence-electron chi connectivity index (χ1n) is 8.62. The first-order valence-corrected chi connectivity index (χ1v) is 9.00. The fourth-order valence-electron chi connectivity index (χ4n) is 2.26. The van der Waals surface area contributed by atoms with Crippen LogP contribution >= 0.6 is 11.6 Å². The van der Waals surface area contributed by atoms with Crippen LogP contribution in [-0.2, 0) is 4.74 Å². The zero-order valence-electron chi connectivity index (χ0n) is 14.1. The third-order valence-corrected chi connectivity index (χ3v) is 3.89. The zero-order chi connectivity index (χ0) is 16.8. The Bertz CT molecular complexity index is 497. The molecule has 126 valence electrons. The van der Waals surface area contributed by atoms with E-state index in [1.165, 1.54) is 44.9 Å². The van der Waals surface area contributed by atoms with Crippen molar-refractivity contribution in [3.8, 4) is 11.8 Å². The Morgan fingerprint density at radius 1 is 0.957 bits per heavy atom. The summed E-state index contributed by atoms with van der Waals surface area (Å²) >= 11 is 5.77. The van der Waals surface area contributed by atoms with E-state index in [1.54, 1.807) is 24.3 Å². The summed E-state index contributed by atoms with van der Waals surface area (Å²) in [6.07, 6.45) is 11.3. The standard InChI is InChI=1S/C20H27ClO2/c1-2-3-4-5-6-7-8-9-10-11-12-17-23-20(22)18-13-15-19(21)16-14-18/h13-16H,2-10,17H2,1H3. The molecule has 0 radical (unpaired) electrons. The first kappa shape index (κ1) is 19.6. The van der Waals surface area contributed by atoms with Gasteiger partial charge in [-0.15, -0.1) is 0 Å². The fourth-order valence-corrected chi connectivity index (χ4v) is 2.38. The number of hydrogen-bond acceptors (Lipinski definition) is 2. The monoisotopic (exact) mass is 334 g/mol. The van der Waals surface area contributed by atoms with Crippen LogP contribution in [0.1, 0.15) is 75.1 Å². The Morgan fingerprint density at radius 2 is 1.57 bits per heavy atom. The van der Waals surface area contributed by atoms with Crippen LogP contribution in [-0.4, -0.2) is 12.6 Å². The number of unbranched alkanes of at least 4 members (excludes halogenated alkanes) is 8. The van der Waals surface area contributed by atoms with Gasteiger partial charge in [0.25, 0.3) is 0 Å². The summed E-state index contributed by atoms with van der Waals surface area (Å²) in [4.78, 5) is 11.7. The lowest BCUT2D eigenvalue weighted by molar-refractivity contribution is 0.0556. The second-order valence-corrected chi connectivity index (χ2v) is 6.10. The third kappa shape index (κ3) is 10.0. The average molecular weight is 335 g/mol. The van der Waals surface area contributed by atoms with Crippen molar-refractivity contribution in [1.29, 1.82) is 0 Å². The molecule has 2 nitrogen and oxygen atoms in total. The maximum atomic E-state index is 11.7. The second-order valence-electron chi connectivity index (χ2n) is 5.66. The molecule has 1 rings (SSSR count). The fraction of sp³-hybridized carbons (Fsp3) is 0.550. The number of ether oxygens (including phenoxy) is 1. The quantitative estimate of drug-likeness (QED) is 0.296. The number of rotatable bonds is 10. The van der Waals surface area contributed by atoms with Crippen LogP contribution in [0.25, 0.3) is 0 Å². The van der Waals surface area contributed by atoms with Crippen LogP contribution in [0.3, 0.4) is 0 Å². The summed E-state index contributed by atoms with van der Waals surface area (Å²) in [6.45, 7) is 2.39. The lowest BCUT2D eigenvalue weighted by Crippen LogP contribution is -2.04. The van der Waals surface area contributed by atoms with Crippen molar-refractivity contribution in [2.45, 2.75) is 64.7 Å². The Balaban J connectivity index is 2.01. The topological polar surface area (TPSA) is 26.3 Å². The number of benzene rings is 1. The minimum Gasteiger partial charge on any atom is -0.449 e. The Hall–Kier alpha value is -1.46. The third-order valence-electron chi connectivity index (χ3n) is 3.64. The molecule has 23 heavy (non-hydrogen) atoms. The van der Waals surface area contributed by atoms with E-state index in [-0.39, 0.29) is 12.6 Å². The maximum absolute atomic E-state index is 11.7. The molecular formula is C20H27ClO2. The lowest BCUT2D eigenvalue weighted by atomic mass is 10.1. The molecule has 0 spiro atoms. The van der Waals surface area contributed by atoms with E-state index in [4.69, 9.17) is 16.3 Å². The van der Waals surface area contributed by atoms with Crippen molar-refractivity contribution in [3.05, 3.63) is 34.9 Å². The molecule has 0 heterocycles. The van der Waals surface area contributed by atoms with Gasteiger partial charge in [0.15, 0.2) is 6.61 Å². The van der Waals surface area contributed by atoms with Gasteiger partial charge in [0.05, 0.1) is 5.56 Å². The normalized spacial score (nSPS) is 10.0. The lowest BCUT2D eigenvalue weighted by Gasteiger charge is -2.00. The van der Waals surface area contributed by atoms with Crippen LogP contribution in [0.5, 0.6) is 0 Å². The number of hydrogen-bond donors (Lipinski definition) is 0. The summed E-state index contributed by atoms with van der Waals surface area (Å²) in [5.41, 5.74) is 0.499. The maximum Gasteiger partial charge on any atom is 0.339 e. The van der Waals surface area contributed by atoms with E-state index in [0.717, 1.165) is 12.8 Å². The highest BCUT2D eigenvalue weighted by atomic mass is 35.5. The van der Waals surface area contributed by atoms with Crippen LogP contribution in [0.4, 0.5) is 0 Å². The smallest absolute Gasteiger partial charge is 0.339 e. The highest BCUT2D eigenvalue weighted by Gasteiger charge is 2.04. The van der Waals surface area contributed by atoms with Crippen molar-refractivity contribution in [2.75, 3.05) is 6.61 Å². The molecule has 0 unspecified atom stereocenters. The Morgan fingerprint density at radius 3 is 2.22 bits per heavy atom. The molecule has 1 aromatic rings. The number of carbonyl (C=O) groups is 1. The molecule has 0 saturated heterocycles. The van der Waals surface area contributed by atoms with Gasteiger partial charge in [0.1, 0.15) is 0 Å². The zero-order valence-corrected chi connectivity index (χ0v) is 14.8. The van der Waals surface area contributed by atoms with Crippen molar-refractivity contribution < 1.29 is 9.53 Å². The van der Waals surface area contributed by atoms with Crippen LogP contribution < -0.4 is 0 Å². The second kappa shape index (κ2) is 13.0. The van der Waals surface area contributed by atoms with Gasteiger partial charge in [-0.1, -0.05) is 75.3 Å². The van der Waals surface area contributed by atoms with Gasteiger partial charge >= 0.3 is 5.97 Å². The van der Waals surface area contributed by atoms with E-state index >= 15 is 0 Å². The predicted octanol–water partition coefficient (Wildman–Crippen LogP) is 6.03. The molecule has 0 aliphatic carbocycles. The number of halogens is 1. The molecule has 0 N–H and O–H groups in total. The average Bonchev–Trinajstić information content (AvgIpc) is 2.56. The molecule has 1 aromatic carbocycles. The van der Waals surface area contributed by atoms with Gasteiger partial charge in [-0.25, -0.2) is 4.79 Å². The summed E-state index contributed by atoms with van der Waals surface area (Å²) < 4.78 is 5.09. The minimum absolute atomic E-state index is 0.151. The van der Waals surface area contributed by atoms with E-state index in [0.29, 0.717) is 10.6 Å². The first-order chi connectivity index (χ1) is 11.2. The summed E-state index contributed by atoms with van der Waals surface area (Å²) in [5, 5.41) is 0.603. The highest BCUT2D eigenvalue weighted by Crippen LogP contribution is 2.10. The summed E-state index contributed by atoms with van der Waals surface area (Å²) in [5.74, 6) is 5.60. The van der Waals surface area contributed by atoms with Crippen molar-refractivity contribution in [3.63, 3.8) is 0 Å². The summed E-state index contributed by atoms with van der Waals surface area (Å²) in [7, 11) is 0. The Labute approximate surface area is 145 Å². The summed E-state index contributed by atoms with van der Waals surface area (Å²) in [6, 6.07) is 6.65. The van der Waals surface area contributed by atoms with Crippen LogP contribution in [0.15, 0.2) is 24.3 Å². The van der Waals surface area contributed by atoms with Gasteiger partial charge in [0, 0.05) is 11.4 Å². The van der Waals surface area contributed by atoms with Crippen LogP contribution in [0, 0.1) is 11.8 Å². The molecule has 0 fully saturated rings. The molecule has 0 amide bonds. The van der Waals surface area contributed by atoms with Gasteiger partial charge in [0.2, 0.25) is 0 Å². The van der Waals surface area contributed by atoms with E-state index in [9.17, 15) is 4.79 Å². The molecule has 3 heteroatoms. The van der Waals surface area contributed by atoms with Crippen molar-refractivity contribution in [1.82, 2.24) is 0 Å². The molecule has 0 aliphatic heterocycles. The number of carbonyl (C=O) groups excluding carboxylic acids is 1. The van der Waals surface area contributed by atoms with Gasteiger partial charge in [-0.2, -0.15) is 0 Å². The van der Waals surface area contributed by atoms with E-state index < -0.39 is 0 Å². The van der Waals surface area contributed by atoms with Crippen molar-refractivity contribution in [2.24, 2.45) is 0 Å². The minimum atomic E-state index is -0.358. The molecule has 0 saturated carbocycles. The van der Waals surface area contributed by atoms with E-state index in [2.05, 4.69) is 18.8 Å². The molecule has 0 aliphatic rings. The van der Waals surface area contributed by atoms with E-state index in [1.807, 2.05) is 0 Å². The SMILES string of the molecule is CCCCCCCCCCC#CCOC(=O)c1ccc(Cl)cc1. The van der Waals surface area contributed by atoms with Gasteiger partial charge in [-0.05, 0) is 30.7 Å². The molecular weight excluding hydrogens is 308 g/mol. The predicted molar refractivity (Wildman–Crippen MR) is 96.7 cm³/mol. The van der Waals surface area contributed by atoms with Gasteiger partial charge in [-0.3, -0.25) is 0 Å². The van der Waals surface area contributed by atoms with Gasteiger partial charge < -0.3 is 4.74 Å². The van der Waals surface area contributed by atoms with Crippen LogP contribution in [0.2, 0.25) is 5.02 Å². The highest BCUT2D eigenvalue weighted by molar-refractivity contribution is 6.30. The molecule has 0 atom stereocenters. The largest absolute Gasteiger partial charge is 0.449 e. The van der Waals surface area contributed by atoms with Crippen molar-refractivity contribution >= 4 is 17.6 Å². The molecule has 0 aromatic heterocycles. The Kier molecular flexibility index (Phi) is 11.1.